The standard InChI is InChI=1S/C11H18N4OS2/c1-8(9(2)18-17)15(7-16)6-5-11(12)14-10(3)13-4/h5,7,17H,4,6,12H2,1-3H3/b9-8-,11-5+,14-10?. The van der Waals surface area contributed by atoms with Gasteiger partial charge >= 0.3 is 0 Å². The van der Waals surface area contributed by atoms with E-state index in [-0.39, 0.29) is 0 Å². The van der Waals surface area contributed by atoms with Crippen molar-refractivity contribution < 1.29 is 4.79 Å². The van der Waals surface area contributed by atoms with Crippen LogP contribution in [-0.2, 0) is 4.79 Å². The van der Waals surface area contributed by atoms with Crippen molar-refractivity contribution in [3.8, 4) is 0 Å². The average molecular weight is 286 g/mol. The molecule has 0 saturated heterocycles. The van der Waals surface area contributed by atoms with Crippen LogP contribution in [0.3, 0.4) is 0 Å². The minimum absolute atomic E-state index is 0.302. The molecule has 0 fully saturated rings. The van der Waals surface area contributed by atoms with Crippen molar-refractivity contribution in [1.82, 2.24) is 4.90 Å². The number of amidine groups is 1. The highest BCUT2D eigenvalue weighted by Crippen LogP contribution is 2.23. The lowest BCUT2D eigenvalue weighted by Gasteiger charge is -2.17. The molecule has 0 heterocycles. The lowest BCUT2D eigenvalue weighted by atomic mass is 10.4. The topological polar surface area (TPSA) is 71.0 Å². The van der Waals surface area contributed by atoms with Crippen LogP contribution in [0.4, 0.5) is 0 Å². The van der Waals surface area contributed by atoms with Gasteiger partial charge in [-0.25, -0.2) is 9.98 Å². The molecule has 1 amide bonds. The van der Waals surface area contributed by atoms with Gasteiger partial charge in [0.1, 0.15) is 11.7 Å². The van der Waals surface area contributed by atoms with Crippen LogP contribution < -0.4 is 5.73 Å². The molecule has 0 atom stereocenters. The summed E-state index contributed by atoms with van der Waals surface area (Å²) in [5.41, 5.74) is 6.50. The lowest BCUT2D eigenvalue weighted by Crippen LogP contribution is -2.21. The predicted molar refractivity (Wildman–Crippen MR) is 82.6 cm³/mol. The number of rotatable bonds is 6. The Morgan fingerprint density at radius 2 is 2.11 bits per heavy atom. The van der Waals surface area contributed by atoms with Crippen LogP contribution in [0.15, 0.2) is 32.5 Å². The van der Waals surface area contributed by atoms with E-state index in [1.807, 2.05) is 13.8 Å². The van der Waals surface area contributed by atoms with Crippen LogP contribution in [-0.4, -0.2) is 30.4 Å². The first kappa shape index (κ1) is 16.8. The van der Waals surface area contributed by atoms with Gasteiger partial charge in [0, 0.05) is 17.1 Å². The van der Waals surface area contributed by atoms with Gasteiger partial charge in [-0.1, -0.05) is 10.8 Å². The summed E-state index contributed by atoms with van der Waals surface area (Å²) in [6.07, 6.45) is 2.39. The number of amides is 1. The Morgan fingerprint density at radius 3 is 2.56 bits per heavy atom. The Balaban J connectivity index is 4.82. The number of carbonyl (C=O) groups is 1. The third-order valence-electron chi connectivity index (χ3n) is 2.22. The Kier molecular flexibility index (Phi) is 8.23. The molecule has 0 aromatic rings. The fourth-order valence-electron chi connectivity index (χ4n) is 0.987. The minimum Gasteiger partial charge on any atom is -0.384 e. The Bertz CT molecular complexity index is 402. The van der Waals surface area contributed by atoms with Gasteiger partial charge in [-0.15, -0.1) is 11.7 Å². The summed E-state index contributed by atoms with van der Waals surface area (Å²) < 4.78 is 0. The predicted octanol–water partition coefficient (Wildman–Crippen LogP) is 2.19. The largest absolute Gasteiger partial charge is 0.384 e. The molecule has 18 heavy (non-hydrogen) atoms. The second-order valence-electron chi connectivity index (χ2n) is 3.44. The fraction of sp³-hybridized carbons (Fsp3) is 0.364. The van der Waals surface area contributed by atoms with Crippen molar-refractivity contribution in [3.05, 3.63) is 22.5 Å². The molecule has 0 saturated carbocycles. The zero-order valence-corrected chi connectivity index (χ0v) is 12.5. The van der Waals surface area contributed by atoms with Gasteiger partial charge in [0.25, 0.3) is 0 Å². The second-order valence-corrected chi connectivity index (χ2v) is 4.78. The second kappa shape index (κ2) is 8.82. The molecule has 0 aliphatic heterocycles. The molecule has 0 aliphatic rings. The maximum atomic E-state index is 11.0. The molecule has 7 heteroatoms. The van der Waals surface area contributed by atoms with E-state index in [1.54, 1.807) is 13.0 Å². The average Bonchev–Trinajstić information content (AvgIpc) is 2.37. The molecule has 0 aromatic carbocycles. The number of thiol groups is 1. The molecular formula is C11H18N4OS2. The van der Waals surface area contributed by atoms with E-state index in [4.69, 9.17) is 5.73 Å². The smallest absolute Gasteiger partial charge is 0.214 e. The molecule has 0 aliphatic carbocycles. The maximum absolute atomic E-state index is 11.0. The van der Waals surface area contributed by atoms with E-state index >= 15 is 0 Å². The van der Waals surface area contributed by atoms with E-state index in [0.717, 1.165) is 17.0 Å². The molecule has 2 N–H and O–H groups in total. The third-order valence-corrected chi connectivity index (χ3v) is 3.61. The van der Waals surface area contributed by atoms with Gasteiger partial charge in [-0.2, -0.15) is 0 Å². The zero-order valence-electron chi connectivity index (χ0n) is 10.8. The number of aliphatic imine (C=N–C) groups is 2. The summed E-state index contributed by atoms with van der Waals surface area (Å²) in [7, 11) is 1.30. The number of carbonyl (C=O) groups excluding carboxylic acids is 1. The SMILES string of the molecule is C=NC(C)=N/C(N)=C/CN(C=O)/C(C)=C(/C)SS. The molecule has 0 unspecified atom stereocenters. The van der Waals surface area contributed by atoms with Gasteiger partial charge in [-0.3, -0.25) is 4.79 Å². The van der Waals surface area contributed by atoms with Gasteiger partial charge in [0.15, 0.2) is 0 Å². The van der Waals surface area contributed by atoms with Crippen molar-refractivity contribution in [2.75, 3.05) is 6.54 Å². The zero-order chi connectivity index (χ0) is 14.1. The Hall–Kier alpha value is -1.21. The van der Waals surface area contributed by atoms with E-state index in [2.05, 4.69) is 28.4 Å². The van der Waals surface area contributed by atoms with Crippen molar-refractivity contribution >= 4 is 41.4 Å². The summed E-state index contributed by atoms with van der Waals surface area (Å²) in [4.78, 5) is 21.1. The van der Waals surface area contributed by atoms with Crippen LogP contribution in [0, 0.1) is 0 Å². The summed E-state index contributed by atoms with van der Waals surface area (Å²) in [5.74, 6) is 0.784. The monoisotopic (exact) mass is 286 g/mol. The van der Waals surface area contributed by atoms with Crippen molar-refractivity contribution in [2.45, 2.75) is 20.8 Å². The van der Waals surface area contributed by atoms with Crippen molar-refractivity contribution in [3.63, 3.8) is 0 Å². The first-order valence-corrected chi connectivity index (χ1v) is 7.01. The molecule has 0 bridgehead atoms. The Labute approximate surface area is 117 Å². The molecule has 0 rings (SSSR count). The Morgan fingerprint density at radius 1 is 1.50 bits per heavy atom. The molecule has 0 radical (unpaired) electrons. The maximum Gasteiger partial charge on any atom is 0.214 e. The first-order chi connectivity index (χ1) is 8.46. The molecular weight excluding hydrogens is 268 g/mol. The van der Waals surface area contributed by atoms with Crippen LogP contribution >= 0.6 is 22.5 Å². The van der Waals surface area contributed by atoms with E-state index < -0.39 is 0 Å². The van der Waals surface area contributed by atoms with Crippen molar-refractivity contribution in [2.24, 2.45) is 15.7 Å². The minimum atomic E-state index is 0.302. The van der Waals surface area contributed by atoms with E-state index in [1.165, 1.54) is 15.7 Å². The van der Waals surface area contributed by atoms with E-state index in [0.29, 0.717) is 18.2 Å². The molecule has 5 nitrogen and oxygen atoms in total. The van der Waals surface area contributed by atoms with Crippen LogP contribution in [0.1, 0.15) is 20.8 Å². The summed E-state index contributed by atoms with van der Waals surface area (Å²) in [6.45, 7) is 9.11. The quantitative estimate of drug-likeness (QED) is 0.258. The van der Waals surface area contributed by atoms with Crippen LogP contribution in [0.2, 0.25) is 0 Å². The van der Waals surface area contributed by atoms with Crippen LogP contribution in [0.5, 0.6) is 0 Å². The molecule has 0 aromatic heterocycles. The van der Waals surface area contributed by atoms with Crippen molar-refractivity contribution in [1.29, 1.82) is 0 Å². The molecule has 100 valence electrons. The van der Waals surface area contributed by atoms with Gasteiger partial charge in [0.05, 0.1) is 0 Å². The fourth-order valence-corrected chi connectivity index (χ4v) is 1.63. The number of allylic oxidation sites excluding steroid dienone is 2. The van der Waals surface area contributed by atoms with Gasteiger partial charge in [0.2, 0.25) is 6.41 Å². The summed E-state index contributed by atoms with van der Waals surface area (Å²) in [6, 6.07) is 0. The van der Waals surface area contributed by atoms with Gasteiger partial charge in [-0.05, 0) is 33.6 Å². The molecule has 0 spiro atoms. The van der Waals surface area contributed by atoms with E-state index in [9.17, 15) is 4.79 Å². The normalized spacial score (nSPS) is 14.0. The first-order valence-electron chi connectivity index (χ1n) is 5.14. The number of hydrogen-bond acceptors (Lipinski definition) is 5. The summed E-state index contributed by atoms with van der Waals surface area (Å²) >= 11 is 4.09. The highest BCUT2D eigenvalue weighted by molar-refractivity contribution is 8.70. The highest BCUT2D eigenvalue weighted by atomic mass is 33.1. The lowest BCUT2D eigenvalue weighted by molar-refractivity contribution is -0.116. The van der Waals surface area contributed by atoms with Gasteiger partial charge < -0.3 is 10.6 Å². The number of nitrogens with two attached hydrogens (primary N) is 1. The number of hydrogen-bond donors (Lipinski definition) is 2. The van der Waals surface area contributed by atoms with Crippen LogP contribution in [0.25, 0.3) is 0 Å². The third kappa shape index (κ3) is 5.92. The summed E-state index contributed by atoms with van der Waals surface area (Å²) in [5, 5.41) is 0. The highest BCUT2D eigenvalue weighted by Gasteiger charge is 2.05. The number of nitrogens with zero attached hydrogens (tertiary/aromatic N) is 3.